The van der Waals surface area contributed by atoms with Crippen molar-refractivity contribution in [1.29, 1.82) is 0 Å². The number of carbonyl (C=O) groups excluding carboxylic acids is 1. The third-order valence-electron chi connectivity index (χ3n) is 4.80. The lowest BCUT2D eigenvalue weighted by atomic mass is 9.89. The highest BCUT2D eigenvalue weighted by Gasteiger charge is 2.41. The van der Waals surface area contributed by atoms with Gasteiger partial charge in [-0.15, -0.1) is 0 Å². The molecule has 1 aromatic carbocycles. The molecular weight excluding hydrogens is 302 g/mol. The molecule has 124 valence electrons. The largest absolute Gasteiger partial charge is 0.496 e. The molecule has 2 aliphatic heterocycles. The first-order chi connectivity index (χ1) is 11.1. The third-order valence-corrected chi connectivity index (χ3v) is 4.80. The summed E-state index contributed by atoms with van der Waals surface area (Å²) in [5.41, 5.74) is -0.0466. The first-order valence-electron chi connectivity index (χ1n) is 7.77. The molecule has 1 aromatic rings. The smallest absolute Gasteiger partial charge is 0.255 e. The van der Waals surface area contributed by atoms with Gasteiger partial charge in [-0.1, -0.05) is 12.2 Å². The summed E-state index contributed by atoms with van der Waals surface area (Å²) >= 11 is 0. The number of ether oxygens (including phenoxy) is 1. The monoisotopic (exact) mass is 322 g/mol. The maximum absolute atomic E-state index is 13.4. The van der Waals surface area contributed by atoms with Crippen molar-refractivity contribution in [3.63, 3.8) is 0 Å². The lowest BCUT2D eigenvalue weighted by Crippen LogP contribution is -2.53. The van der Waals surface area contributed by atoms with E-state index < -0.39 is 17.5 Å². The molecule has 1 saturated heterocycles. The van der Waals surface area contributed by atoms with E-state index in [1.165, 1.54) is 7.11 Å². The van der Waals surface area contributed by atoms with E-state index in [0.717, 1.165) is 44.5 Å². The zero-order chi connectivity index (χ0) is 16.4. The quantitative estimate of drug-likeness (QED) is 0.866. The van der Waals surface area contributed by atoms with Crippen LogP contribution in [0, 0.1) is 11.6 Å². The number of carbonyl (C=O) groups is 1. The fraction of sp³-hybridized carbons (Fsp3) is 0.471. The maximum Gasteiger partial charge on any atom is 0.255 e. The summed E-state index contributed by atoms with van der Waals surface area (Å²) in [6, 6.07) is 1.78. The van der Waals surface area contributed by atoms with Crippen molar-refractivity contribution in [2.45, 2.75) is 24.8 Å². The van der Waals surface area contributed by atoms with E-state index in [-0.39, 0.29) is 16.9 Å². The topological polar surface area (TPSA) is 41.6 Å². The van der Waals surface area contributed by atoms with Gasteiger partial charge in [0.2, 0.25) is 0 Å². The summed E-state index contributed by atoms with van der Waals surface area (Å²) in [7, 11) is 1.33. The van der Waals surface area contributed by atoms with Crippen molar-refractivity contribution >= 4 is 5.91 Å². The van der Waals surface area contributed by atoms with Gasteiger partial charge < -0.3 is 10.1 Å². The molecule has 0 radical (unpaired) electrons. The van der Waals surface area contributed by atoms with E-state index in [1.807, 2.05) is 0 Å². The molecule has 23 heavy (non-hydrogen) atoms. The number of hydrogen-bond donors (Lipinski definition) is 1. The summed E-state index contributed by atoms with van der Waals surface area (Å²) in [5.74, 6) is -2.50. The Bertz CT molecular complexity index is 648. The van der Waals surface area contributed by atoms with Crippen LogP contribution in [0.5, 0.6) is 5.75 Å². The second-order valence-electron chi connectivity index (χ2n) is 6.10. The average molecular weight is 322 g/mol. The van der Waals surface area contributed by atoms with E-state index >= 15 is 0 Å². The number of hydrogen-bond acceptors (Lipinski definition) is 3. The zero-order valence-corrected chi connectivity index (χ0v) is 13.1. The Hall–Kier alpha value is -1.95. The molecule has 3 rings (SSSR count). The highest BCUT2D eigenvalue weighted by molar-refractivity contribution is 5.97. The average Bonchev–Trinajstić information content (AvgIpc) is 2.99. The fourth-order valence-electron chi connectivity index (χ4n) is 3.50. The van der Waals surface area contributed by atoms with Gasteiger partial charge in [0, 0.05) is 24.7 Å². The van der Waals surface area contributed by atoms with Crippen molar-refractivity contribution in [3.05, 3.63) is 41.5 Å². The Labute approximate surface area is 134 Å². The third kappa shape index (κ3) is 2.95. The number of rotatable bonds is 4. The predicted molar refractivity (Wildman–Crippen MR) is 82.5 cm³/mol. The molecule has 2 heterocycles. The molecule has 1 amide bonds. The van der Waals surface area contributed by atoms with Crippen LogP contribution in [0.1, 0.15) is 29.6 Å². The van der Waals surface area contributed by atoms with Crippen molar-refractivity contribution in [2.75, 3.05) is 26.7 Å². The molecule has 0 spiro atoms. The molecule has 0 aliphatic carbocycles. The van der Waals surface area contributed by atoms with Crippen LogP contribution in [0.2, 0.25) is 0 Å². The number of methoxy groups -OCH3 is 1. The zero-order valence-electron chi connectivity index (χ0n) is 13.1. The molecule has 6 heteroatoms. The van der Waals surface area contributed by atoms with Crippen LogP contribution in [0.4, 0.5) is 8.78 Å². The summed E-state index contributed by atoms with van der Waals surface area (Å²) in [6.07, 6.45) is 7.30. The molecule has 1 atom stereocenters. The van der Waals surface area contributed by atoms with E-state index in [9.17, 15) is 13.6 Å². The van der Waals surface area contributed by atoms with E-state index in [1.54, 1.807) is 0 Å². The normalized spacial score (nSPS) is 23.6. The van der Waals surface area contributed by atoms with Gasteiger partial charge in [-0.2, -0.15) is 0 Å². The first-order valence-corrected chi connectivity index (χ1v) is 7.77. The van der Waals surface area contributed by atoms with Gasteiger partial charge >= 0.3 is 0 Å². The maximum atomic E-state index is 13.4. The van der Waals surface area contributed by atoms with Crippen molar-refractivity contribution in [1.82, 2.24) is 10.2 Å². The summed E-state index contributed by atoms with van der Waals surface area (Å²) in [5, 5.41) is 2.87. The van der Waals surface area contributed by atoms with E-state index in [2.05, 4.69) is 22.4 Å². The SMILES string of the molecule is COc1cc(F)c(F)cc1C(=O)NCC12CC=CCN1CCC2. The minimum absolute atomic E-state index is 0.0127. The number of halogens is 2. The Morgan fingerprint density at radius 2 is 2.13 bits per heavy atom. The summed E-state index contributed by atoms with van der Waals surface area (Å²) < 4.78 is 31.7. The van der Waals surface area contributed by atoms with Crippen LogP contribution < -0.4 is 10.1 Å². The van der Waals surface area contributed by atoms with Gasteiger partial charge in [0.1, 0.15) is 5.75 Å². The van der Waals surface area contributed by atoms with Crippen LogP contribution in [0.3, 0.4) is 0 Å². The number of amides is 1. The van der Waals surface area contributed by atoms with Gasteiger partial charge in [-0.3, -0.25) is 9.69 Å². The summed E-state index contributed by atoms with van der Waals surface area (Å²) in [4.78, 5) is 14.8. The van der Waals surface area contributed by atoms with E-state index in [4.69, 9.17) is 4.74 Å². The van der Waals surface area contributed by atoms with Gasteiger partial charge in [-0.25, -0.2) is 8.78 Å². The van der Waals surface area contributed by atoms with Crippen LogP contribution in [0.25, 0.3) is 0 Å². The molecule has 1 N–H and O–H groups in total. The van der Waals surface area contributed by atoms with Gasteiger partial charge in [0.15, 0.2) is 11.6 Å². The highest BCUT2D eigenvalue weighted by atomic mass is 19.2. The van der Waals surface area contributed by atoms with Gasteiger partial charge in [0.25, 0.3) is 5.91 Å². The Morgan fingerprint density at radius 1 is 1.35 bits per heavy atom. The second-order valence-corrected chi connectivity index (χ2v) is 6.10. The highest BCUT2D eigenvalue weighted by Crippen LogP contribution is 2.34. The van der Waals surface area contributed by atoms with Crippen LogP contribution in [-0.4, -0.2) is 43.1 Å². The van der Waals surface area contributed by atoms with Crippen molar-refractivity contribution in [2.24, 2.45) is 0 Å². The van der Waals surface area contributed by atoms with Crippen LogP contribution in [0.15, 0.2) is 24.3 Å². The van der Waals surface area contributed by atoms with Crippen molar-refractivity contribution < 1.29 is 18.3 Å². The molecule has 0 aromatic heterocycles. The Morgan fingerprint density at radius 3 is 2.91 bits per heavy atom. The van der Waals surface area contributed by atoms with Crippen molar-refractivity contribution in [3.8, 4) is 5.75 Å². The lowest BCUT2D eigenvalue weighted by molar-refractivity contribution is 0.0889. The molecule has 1 unspecified atom stereocenters. The van der Waals surface area contributed by atoms with Gasteiger partial charge in [-0.05, 0) is 31.9 Å². The fourth-order valence-corrected chi connectivity index (χ4v) is 3.50. The number of nitrogens with one attached hydrogen (secondary N) is 1. The van der Waals surface area contributed by atoms with Crippen LogP contribution in [-0.2, 0) is 0 Å². The minimum Gasteiger partial charge on any atom is -0.496 e. The Kier molecular flexibility index (Phi) is 4.35. The number of fused-ring (bicyclic) bond motifs is 1. The molecule has 0 saturated carbocycles. The molecular formula is C17H20F2N2O2. The lowest BCUT2D eigenvalue weighted by Gasteiger charge is -2.40. The second kappa shape index (κ2) is 6.28. The molecule has 4 nitrogen and oxygen atoms in total. The predicted octanol–water partition coefficient (Wildman–Crippen LogP) is 2.50. The van der Waals surface area contributed by atoms with Gasteiger partial charge in [0.05, 0.1) is 12.7 Å². The molecule has 0 bridgehead atoms. The molecule has 1 fully saturated rings. The summed E-state index contributed by atoms with van der Waals surface area (Å²) in [6.45, 7) is 2.40. The Balaban J connectivity index is 1.75. The molecule has 2 aliphatic rings. The number of benzene rings is 1. The van der Waals surface area contributed by atoms with E-state index in [0.29, 0.717) is 6.54 Å². The first kappa shape index (κ1) is 15.9. The standard InChI is InChI=1S/C17H20F2N2O2/c1-23-15-10-14(19)13(18)9-12(15)16(22)20-11-17-5-2-3-7-21(17)8-4-6-17/h2-3,9-10H,4-8,11H2,1H3,(H,20,22). The minimum atomic E-state index is -1.06. The number of nitrogens with zero attached hydrogens (tertiary/aromatic N) is 1. The van der Waals surface area contributed by atoms with Crippen LogP contribution >= 0.6 is 0 Å².